The Labute approximate surface area is 177 Å². The van der Waals surface area contributed by atoms with Crippen molar-refractivity contribution in [2.24, 2.45) is 0 Å². The van der Waals surface area contributed by atoms with Crippen LogP contribution in [0.1, 0.15) is 40.9 Å². The second-order valence-electron chi connectivity index (χ2n) is 7.11. The fourth-order valence-electron chi connectivity index (χ4n) is 3.07. The molecule has 30 heavy (non-hydrogen) atoms. The molecule has 1 unspecified atom stereocenters. The molecule has 0 aliphatic carbocycles. The van der Waals surface area contributed by atoms with Gasteiger partial charge in [0, 0.05) is 0 Å². The Morgan fingerprint density at radius 2 is 1.67 bits per heavy atom. The van der Waals surface area contributed by atoms with E-state index in [2.05, 4.69) is 10.6 Å². The van der Waals surface area contributed by atoms with Crippen molar-refractivity contribution in [2.45, 2.75) is 26.3 Å². The van der Waals surface area contributed by atoms with Gasteiger partial charge in [-0.1, -0.05) is 54.6 Å². The number of carbonyl (C=O) groups is 2. The monoisotopic (exact) mass is 402 g/mol. The van der Waals surface area contributed by atoms with Crippen molar-refractivity contribution in [1.82, 2.24) is 5.32 Å². The molecule has 5 nitrogen and oxygen atoms in total. The van der Waals surface area contributed by atoms with E-state index in [-0.39, 0.29) is 30.9 Å². The van der Waals surface area contributed by atoms with E-state index >= 15 is 0 Å². The molecule has 3 aromatic carbocycles. The number of rotatable bonds is 8. The van der Waals surface area contributed by atoms with Gasteiger partial charge in [-0.15, -0.1) is 0 Å². The van der Waals surface area contributed by atoms with Crippen LogP contribution in [-0.2, 0) is 4.79 Å². The summed E-state index contributed by atoms with van der Waals surface area (Å²) >= 11 is 0. The summed E-state index contributed by atoms with van der Waals surface area (Å²) in [6, 6.07) is 24.3. The molecule has 3 aromatic rings. The highest BCUT2D eigenvalue weighted by Gasteiger charge is 2.16. The van der Waals surface area contributed by atoms with E-state index in [0.717, 1.165) is 16.9 Å². The summed E-state index contributed by atoms with van der Waals surface area (Å²) in [5.41, 5.74) is 3.02. The largest absolute Gasteiger partial charge is 0.493 e. The molecule has 0 aliphatic rings. The van der Waals surface area contributed by atoms with Gasteiger partial charge in [-0.3, -0.25) is 9.59 Å². The zero-order valence-corrected chi connectivity index (χ0v) is 17.2. The number of amides is 2. The second-order valence-corrected chi connectivity index (χ2v) is 7.11. The third-order valence-corrected chi connectivity index (χ3v) is 4.68. The van der Waals surface area contributed by atoms with Gasteiger partial charge in [0.25, 0.3) is 5.91 Å². The van der Waals surface area contributed by atoms with E-state index in [0.29, 0.717) is 11.3 Å². The lowest BCUT2D eigenvalue weighted by molar-refractivity contribution is -0.116. The first-order valence-corrected chi connectivity index (χ1v) is 9.97. The minimum absolute atomic E-state index is 0.148. The lowest BCUT2D eigenvalue weighted by Gasteiger charge is -2.16. The SMILES string of the molecule is Cc1cccc(OCCC(=O)Nc2ccccc2C(=O)NC(C)c2ccccc2)c1. The summed E-state index contributed by atoms with van der Waals surface area (Å²) in [7, 11) is 0. The molecule has 1 atom stereocenters. The molecule has 3 rings (SSSR count). The van der Waals surface area contributed by atoms with Gasteiger partial charge in [-0.05, 0) is 49.2 Å². The molecule has 0 radical (unpaired) electrons. The highest BCUT2D eigenvalue weighted by molar-refractivity contribution is 6.03. The molecule has 0 aliphatic heterocycles. The van der Waals surface area contributed by atoms with Gasteiger partial charge in [0.1, 0.15) is 5.75 Å². The van der Waals surface area contributed by atoms with Crippen LogP contribution in [0, 0.1) is 6.92 Å². The zero-order chi connectivity index (χ0) is 21.3. The number of carbonyl (C=O) groups excluding carboxylic acids is 2. The van der Waals surface area contributed by atoms with E-state index < -0.39 is 0 Å². The summed E-state index contributed by atoms with van der Waals surface area (Å²) < 4.78 is 5.63. The molecule has 0 aromatic heterocycles. The molecular weight excluding hydrogens is 376 g/mol. The van der Waals surface area contributed by atoms with Crippen LogP contribution in [0.2, 0.25) is 0 Å². The Bertz CT molecular complexity index is 1000. The van der Waals surface area contributed by atoms with Crippen LogP contribution in [-0.4, -0.2) is 18.4 Å². The van der Waals surface area contributed by atoms with Gasteiger partial charge >= 0.3 is 0 Å². The van der Waals surface area contributed by atoms with Crippen molar-refractivity contribution in [3.63, 3.8) is 0 Å². The van der Waals surface area contributed by atoms with Crippen molar-refractivity contribution in [1.29, 1.82) is 0 Å². The van der Waals surface area contributed by atoms with Crippen molar-refractivity contribution >= 4 is 17.5 Å². The predicted molar refractivity (Wildman–Crippen MR) is 119 cm³/mol. The third-order valence-electron chi connectivity index (χ3n) is 4.68. The molecule has 2 N–H and O–H groups in total. The summed E-state index contributed by atoms with van der Waals surface area (Å²) in [4.78, 5) is 25.1. The van der Waals surface area contributed by atoms with E-state index in [9.17, 15) is 9.59 Å². The zero-order valence-electron chi connectivity index (χ0n) is 17.2. The molecular formula is C25H26N2O3. The molecule has 2 amide bonds. The maximum atomic E-state index is 12.8. The summed E-state index contributed by atoms with van der Waals surface area (Å²) in [6.45, 7) is 4.17. The number of ether oxygens (including phenoxy) is 1. The standard InChI is InChI=1S/C25H26N2O3/c1-18-9-8-12-21(17-18)30-16-15-24(28)27-23-14-7-6-13-22(23)25(29)26-19(2)20-10-4-3-5-11-20/h3-14,17,19H,15-16H2,1-2H3,(H,26,29)(H,27,28). The molecule has 0 bridgehead atoms. The van der Waals surface area contributed by atoms with Gasteiger partial charge in [0.2, 0.25) is 5.91 Å². The number of para-hydroxylation sites is 1. The number of aryl methyl sites for hydroxylation is 1. The van der Waals surface area contributed by atoms with Crippen molar-refractivity contribution in [3.05, 3.63) is 95.6 Å². The van der Waals surface area contributed by atoms with Crippen LogP contribution in [0.15, 0.2) is 78.9 Å². The Morgan fingerprint density at radius 3 is 2.43 bits per heavy atom. The summed E-state index contributed by atoms with van der Waals surface area (Å²) in [5, 5.41) is 5.80. The van der Waals surface area contributed by atoms with Crippen LogP contribution < -0.4 is 15.4 Å². The summed E-state index contributed by atoms with van der Waals surface area (Å²) in [6.07, 6.45) is 0.185. The number of benzene rings is 3. The van der Waals surface area contributed by atoms with Crippen molar-refractivity contribution in [2.75, 3.05) is 11.9 Å². The first-order valence-electron chi connectivity index (χ1n) is 9.97. The Balaban J connectivity index is 1.57. The lowest BCUT2D eigenvalue weighted by atomic mass is 10.1. The summed E-state index contributed by atoms with van der Waals surface area (Å²) in [5.74, 6) is 0.287. The van der Waals surface area contributed by atoms with Crippen LogP contribution in [0.5, 0.6) is 5.75 Å². The fraction of sp³-hybridized carbons (Fsp3) is 0.200. The van der Waals surface area contributed by atoms with Crippen molar-refractivity contribution in [3.8, 4) is 5.75 Å². The first-order chi connectivity index (χ1) is 14.5. The molecule has 0 fully saturated rings. The fourth-order valence-corrected chi connectivity index (χ4v) is 3.07. The van der Waals surface area contributed by atoms with Crippen molar-refractivity contribution < 1.29 is 14.3 Å². The van der Waals surface area contributed by atoms with Crippen LogP contribution >= 0.6 is 0 Å². The van der Waals surface area contributed by atoms with Gasteiger partial charge in [-0.2, -0.15) is 0 Å². The average Bonchev–Trinajstić information content (AvgIpc) is 2.74. The average molecular weight is 402 g/mol. The van der Waals surface area contributed by atoms with Crippen LogP contribution in [0.3, 0.4) is 0 Å². The Morgan fingerprint density at radius 1 is 0.933 bits per heavy atom. The Kier molecular flexibility index (Phi) is 7.22. The number of hydrogen-bond donors (Lipinski definition) is 2. The van der Waals surface area contributed by atoms with Gasteiger partial charge < -0.3 is 15.4 Å². The predicted octanol–water partition coefficient (Wildman–Crippen LogP) is 4.89. The molecule has 5 heteroatoms. The second kappa shape index (κ2) is 10.3. The van der Waals surface area contributed by atoms with Crippen LogP contribution in [0.4, 0.5) is 5.69 Å². The number of nitrogens with one attached hydrogen (secondary N) is 2. The van der Waals surface area contributed by atoms with Gasteiger partial charge in [0.15, 0.2) is 0 Å². The third kappa shape index (κ3) is 5.95. The smallest absolute Gasteiger partial charge is 0.253 e. The number of hydrogen-bond acceptors (Lipinski definition) is 3. The van der Waals surface area contributed by atoms with Gasteiger partial charge in [-0.25, -0.2) is 0 Å². The highest BCUT2D eigenvalue weighted by atomic mass is 16.5. The van der Waals surface area contributed by atoms with E-state index in [1.807, 2.05) is 68.4 Å². The van der Waals surface area contributed by atoms with E-state index in [1.165, 1.54) is 0 Å². The molecule has 0 heterocycles. The van der Waals surface area contributed by atoms with E-state index in [1.54, 1.807) is 24.3 Å². The maximum Gasteiger partial charge on any atom is 0.253 e. The minimum Gasteiger partial charge on any atom is -0.493 e. The van der Waals surface area contributed by atoms with Crippen LogP contribution in [0.25, 0.3) is 0 Å². The van der Waals surface area contributed by atoms with Gasteiger partial charge in [0.05, 0.1) is 30.3 Å². The molecule has 0 saturated carbocycles. The lowest BCUT2D eigenvalue weighted by Crippen LogP contribution is -2.28. The topological polar surface area (TPSA) is 67.4 Å². The number of anilines is 1. The maximum absolute atomic E-state index is 12.8. The molecule has 0 saturated heterocycles. The van der Waals surface area contributed by atoms with E-state index in [4.69, 9.17) is 4.74 Å². The Hall–Kier alpha value is -3.60. The molecule has 0 spiro atoms. The minimum atomic E-state index is -0.238. The molecule has 154 valence electrons. The normalized spacial score (nSPS) is 11.4. The quantitative estimate of drug-likeness (QED) is 0.563. The highest BCUT2D eigenvalue weighted by Crippen LogP contribution is 2.18. The first kappa shape index (κ1) is 21.1.